The van der Waals surface area contributed by atoms with Crippen LogP contribution in [-0.4, -0.2) is 47.4 Å². The van der Waals surface area contributed by atoms with Gasteiger partial charge in [-0.2, -0.15) is 0 Å². The maximum absolute atomic E-state index is 11.9. The highest BCUT2D eigenvalue weighted by Crippen LogP contribution is 2.29. The first-order chi connectivity index (χ1) is 12.9. The number of H-pyrrole nitrogens is 1. The van der Waals surface area contributed by atoms with Gasteiger partial charge in [0.15, 0.2) is 0 Å². The molecule has 0 saturated heterocycles. The number of carbonyl (C=O) groups is 2. The van der Waals surface area contributed by atoms with E-state index in [1.54, 1.807) is 18.3 Å². The Bertz CT molecular complexity index is 845. The lowest BCUT2D eigenvalue weighted by atomic mass is 10.1. The summed E-state index contributed by atoms with van der Waals surface area (Å²) in [4.78, 5) is 25.9. The fourth-order valence-electron chi connectivity index (χ4n) is 2.12. The summed E-state index contributed by atoms with van der Waals surface area (Å²) in [5.74, 6) is -1.64. The van der Waals surface area contributed by atoms with Gasteiger partial charge in [-0.25, -0.2) is 0 Å². The first-order valence-electron chi connectivity index (χ1n) is 9.69. The molecule has 0 fully saturated rings. The minimum Gasteiger partial charge on any atom is -0.481 e. The third-order valence-corrected chi connectivity index (χ3v) is 3.12. The summed E-state index contributed by atoms with van der Waals surface area (Å²) >= 11 is 0. The molecule has 6 heteroatoms. The first-order valence-corrected chi connectivity index (χ1v) is 6.69. The second-order valence-corrected chi connectivity index (χ2v) is 4.76. The second kappa shape index (κ2) is 7.09. The lowest BCUT2D eigenvalue weighted by molar-refractivity contribution is -0.142. The Kier molecular flexibility index (Phi) is 3.10. The van der Waals surface area contributed by atoms with Gasteiger partial charge in [0.25, 0.3) is 0 Å². The largest absolute Gasteiger partial charge is 0.481 e. The van der Waals surface area contributed by atoms with Gasteiger partial charge in [0, 0.05) is 31.9 Å². The van der Waals surface area contributed by atoms with Crippen molar-refractivity contribution in [2.45, 2.75) is 19.3 Å². The maximum atomic E-state index is 11.9. The van der Waals surface area contributed by atoms with Gasteiger partial charge in [-0.3, -0.25) is 9.59 Å². The molecule has 118 valence electrons. The van der Waals surface area contributed by atoms with Crippen molar-refractivity contribution in [3.05, 3.63) is 30.0 Å². The Morgan fingerprint density at radius 2 is 2.18 bits per heavy atom. The minimum atomic E-state index is -2.79. The Morgan fingerprint density at radius 1 is 1.36 bits per heavy atom. The summed E-state index contributed by atoms with van der Waals surface area (Å²) in [5, 5.41) is 9.17. The van der Waals surface area contributed by atoms with E-state index in [9.17, 15) is 9.59 Å². The lowest BCUT2D eigenvalue weighted by Gasteiger charge is -2.10. The van der Waals surface area contributed by atoms with Gasteiger partial charge in [-0.1, -0.05) is 6.07 Å². The summed E-state index contributed by atoms with van der Waals surface area (Å²) in [6.07, 6.45) is 1.02. The van der Waals surface area contributed by atoms with Crippen LogP contribution in [0.4, 0.5) is 0 Å². The number of carbonyl (C=O) groups excluding carboxylic acids is 1. The number of carboxylic acid groups (broad SMARTS) is 1. The van der Waals surface area contributed by atoms with Crippen LogP contribution in [0.25, 0.3) is 10.9 Å². The van der Waals surface area contributed by atoms with Crippen LogP contribution in [0, 0.1) is 0 Å². The molecule has 1 aromatic carbocycles. The van der Waals surface area contributed by atoms with Crippen LogP contribution < -0.4 is 4.74 Å². The van der Waals surface area contributed by atoms with Gasteiger partial charge in [0.05, 0.1) is 12.8 Å². The minimum absolute atomic E-state index is 0.0838. The second-order valence-electron chi connectivity index (χ2n) is 4.76. The number of nitrogens with zero attached hydrogens (tertiary/aromatic N) is 1. The molecule has 0 unspecified atom stereocenters. The summed E-state index contributed by atoms with van der Waals surface area (Å²) in [7, 11) is 0. The van der Waals surface area contributed by atoms with E-state index >= 15 is 0 Å². The molecule has 0 aliphatic carbocycles. The van der Waals surface area contributed by atoms with E-state index in [0.29, 0.717) is 21.4 Å². The van der Waals surface area contributed by atoms with Crippen LogP contribution in [0.15, 0.2) is 24.4 Å². The highest BCUT2D eigenvalue weighted by molar-refractivity contribution is 5.91. The SMILES string of the molecule is [2H]C([2H])([2H])N(CCc1c[nH]c2cccc(OC(=O)CCC(=O)O)c12)C([2H])([2H])[2H]. The zero-order chi connectivity index (χ0) is 21.1. The molecular formula is C16H20N2O4. The summed E-state index contributed by atoms with van der Waals surface area (Å²) in [6.45, 7) is -5.84. The van der Waals surface area contributed by atoms with Gasteiger partial charge in [-0.05, 0) is 38.1 Å². The Morgan fingerprint density at radius 3 is 2.91 bits per heavy atom. The average Bonchev–Trinajstić information content (AvgIpc) is 2.95. The van der Waals surface area contributed by atoms with Crippen molar-refractivity contribution in [3.63, 3.8) is 0 Å². The molecule has 0 saturated carbocycles. The van der Waals surface area contributed by atoms with Gasteiger partial charge in [0.1, 0.15) is 5.75 Å². The molecule has 1 aromatic heterocycles. The zero-order valence-corrected chi connectivity index (χ0v) is 11.8. The quantitative estimate of drug-likeness (QED) is 0.604. The molecule has 2 aromatic rings. The van der Waals surface area contributed by atoms with Crippen molar-refractivity contribution >= 4 is 22.8 Å². The molecule has 0 bridgehead atoms. The molecule has 2 rings (SSSR count). The van der Waals surface area contributed by atoms with Gasteiger partial charge in [0.2, 0.25) is 0 Å². The molecule has 2 N–H and O–H groups in total. The normalized spacial score (nSPS) is 16.2. The predicted molar refractivity (Wildman–Crippen MR) is 83.1 cm³/mol. The molecule has 0 amide bonds. The van der Waals surface area contributed by atoms with Crippen LogP contribution in [0.3, 0.4) is 0 Å². The van der Waals surface area contributed by atoms with Gasteiger partial charge >= 0.3 is 11.9 Å². The van der Waals surface area contributed by atoms with E-state index in [1.807, 2.05) is 0 Å². The fourth-order valence-corrected chi connectivity index (χ4v) is 2.12. The van der Waals surface area contributed by atoms with Crippen molar-refractivity contribution in [2.24, 2.45) is 0 Å². The molecule has 0 aliphatic rings. The highest BCUT2D eigenvalue weighted by atomic mass is 16.5. The molecular weight excluding hydrogens is 284 g/mol. The van der Waals surface area contributed by atoms with Crippen LogP contribution in [0.1, 0.15) is 26.6 Å². The monoisotopic (exact) mass is 310 g/mol. The number of aromatic amines is 1. The molecule has 1 heterocycles. The number of rotatable bonds is 7. The topological polar surface area (TPSA) is 82.6 Å². The van der Waals surface area contributed by atoms with Crippen LogP contribution in [0.5, 0.6) is 5.75 Å². The van der Waals surface area contributed by atoms with Crippen molar-refractivity contribution in [3.8, 4) is 5.75 Å². The molecule has 0 spiro atoms. The molecule has 22 heavy (non-hydrogen) atoms. The van der Waals surface area contributed by atoms with Crippen molar-refractivity contribution in [2.75, 3.05) is 20.5 Å². The number of aliphatic carboxylic acids is 1. The van der Waals surface area contributed by atoms with E-state index in [4.69, 9.17) is 18.1 Å². The summed E-state index contributed by atoms with van der Waals surface area (Å²) in [6, 6.07) is 4.89. The number of nitrogens with one attached hydrogen (secondary N) is 1. The third kappa shape index (κ3) is 4.08. The smallest absolute Gasteiger partial charge is 0.311 e. The Hall–Kier alpha value is -2.34. The van der Waals surface area contributed by atoms with Gasteiger partial charge < -0.3 is 19.7 Å². The number of aromatic nitrogens is 1. The number of ether oxygens (including phenoxy) is 1. The van der Waals surface area contributed by atoms with E-state index in [2.05, 4.69) is 4.98 Å². The van der Waals surface area contributed by atoms with Crippen LogP contribution in [0.2, 0.25) is 0 Å². The number of benzene rings is 1. The van der Waals surface area contributed by atoms with Gasteiger partial charge in [-0.15, -0.1) is 0 Å². The fraction of sp³-hybridized carbons (Fsp3) is 0.375. The highest BCUT2D eigenvalue weighted by Gasteiger charge is 2.14. The Labute approximate surface area is 137 Å². The zero-order valence-electron chi connectivity index (χ0n) is 17.8. The van der Waals surface area contributed by atoms with Crippen LogP contribution >= 0.6 is 0 Å². The molecule has 0 aliphatic heterocycles. The van der Waals surface area contributed by atoms with E-state index in [-0.39, 0.29) is 31.6 Å². The molecule has 0 atom stereocenters. The molecule has 0 radical (unpaired) electrons. The Balaban J connectivity index is 2.24. The van der Waals surface area contributed by atoms with Crippen molar-refractivity contribution in [1.29, 1.82) is 0 Å². The lowest BCUT2D eigenvalue weighted by Crippen LogP contribution is -2.15. The maximum Gasteiger partial charge on any atom is 0.311 e. The van der Waals surface area contributed by atoms with Crippen molar-refractivity contribution < 1.29 is 27.7 Å². The van der Waals surface area contributed by atoms with E-state index < -0.39 is 25.9 Å². The number of carboxylic acids is 1. The average molecular weight is 310 g/mol. The number of hydrogen-bond donors (Lipinski definition) is 2. The molecule has 6 nitrogen and oxygen atoms in total. The number of hydrogen-bond acceptors (Lipinski definition) is 4. The predicted octanol–water partition coefficient (Wildman–Crippen LogP) is 2.04. The summed E-state index contributed by atoms with van der Waals surface area (Å²) < 4.78 is 49.8. The number of esters is 1. The van der Waals surface area contributed by atoms with E-state index in [0.717, 1.165) is 0 Å². The number of likely N-dealkylation sites (N-methyl/N-ethyl adjacent to an activating group) is 1. The van der Waals surface area contributed by atoms with Crippen LogP contribution in [-0.2, 0) is 16.0 Å². The summed E-state index contributed by atoms with van der Waals surface area (Å²) in [5.41, 5.74) is 1.20. The van der Waals surface area contributed by atoms with Crippen molar-refractivity contribution in [1.82, 2.24) is 9.88 Å². The number of fused-ring (bicyclic) bond motifs is 1. The third-order valence-electron chi connectivity index (χ3n) is 3.12. The standard InChI is InChI=1S/C16H20N2O4/c1-18(2)9-8-11-10-17-12-4-3-5-13(16(11)12)22-15(21)7-6-14(19)20/h3-5,10,17H,6-9H2,1-2H3,(H,19,20)/i1D3,2D3. The first kappa shape index (κ1) is 9.63. The van der Waals surface area contributed by atoms with E-state index in [1.165, 1.54) is 6.07 Å².